The van der Waals surface area contributed by atoms with E-state index in [0.717, 1.165) is 61.4 Å². The van der Waals surface area contributed by atoms with Gasteiger partial charge in [-0.05, 0) is 45.9 Å². The van der Waals surface area contributed by atoms with Crippen molar-refractivity contribution in [3.05, 3.63) is 102 Å². The van der Waals surface area contributed by atoms with E-state index in [4.69, 9.17) is 14.4 Å². The minimum absolute atomic E-state index is 0. The molecular weight excluding hydrogens is 915 g/mol. The van der Waals surface area contributed by atoms with Crippen molar-refractivity contribution < 1.29 is 24.5 Å². The minimum Gasteiger partial charge on any atom is -0.486 e. The smallest absolute Gasteiger partial charge is 0.216 e. The van der Waals surface area contributed by atoms with Crippen molar-refractivity contribution in [1.29, 1.82) is 0 Å². The van der Waals surface area contributed by atoms with Crippen LogP contribution in [-0.4, -0.2) is 37.8 Å². The second kappa shape index (κ2) is 16.8. The molecule has 7 aromatic rings. The molecule has 1 atom stereocenters. The molecule has 0 aliphatic rings. The molecule has 0 amide bonds. The van der Waals surface area contributed by atoms with Gasteiger partial charge in [-0.25, -0.2) is 4.98 Å². The summed E-state index contributed by atoms with van der Waals surface area (Å²) in [7, 11) is 0. The Kier molecular flexibility index (Phi) is 13.0. The summed E-state index contributed by atoms with van der Waals surface area (Å²) in [5, 5.41) is 2.15. The summed E-state index contributed by atoms with van der Waals surface area (Å²) in [5.41, 5.74) is 11.5. The van der Waals surface area contributed by atoms with Gasteiger partial charge in [0.1, 0.15) is 0 Å². The molecule has 1 radical (unpaired) electrons. The summed E-state index contributed by atoms with van der Waals surface area (Å²) >= 11 is -1.98. The molecule has 0 aliphatic carbocycles. The van der Waals surface area contributed by atoms with Gasteiger partial charge in [0.15, 0.2) is 0 Å². The summed E-state index contributed by atoms with van der Waals surface area (Å²) in [4.78, 5) is 18.9. The van der Waals surface area contributed by atoms with E-state index in [9.17, 15) is 0 Å². The van der Waals surface area contributed by atoms with E-state index in [2.05, 4.69) is 136 Å². The third kappa shape index (κ3) is 8.26. The topological polar surface area (TPSA) is 69.6 Å². The van der Waals surface area contributed by atoms with Crippen molar-refractivity contribution in [2.75, 3.05) is 0 Å². The summed E-state index contributed by atoms with van der Waals surface area (Å²) < 4.78 is 10.2. The van der Waals surface area contributed by atoms with Crippen molar-refractivity contribution in [3.8, 4) is 22.6 Å². The molecule has 0 bridgehead atoms. The molecule has 0 fully saturated rings. The SMILES string of the molecule is CCC(C)(CC)C(C)c1cc(-c2[c-]cccc2)nc[c]1[Ge]([CH3])([CH3])[CH3].Cc1ccc2c(n1)oc1c(-c3nc4ccnc(C)c4n3C(C)C)[c-]cc(C(C)C)c12.[Ir]. The summed E-state index contributed by atoms with van der Waals surface area (Å²) in [6, 6.07) is 25.8. The number of rotatable bonds is 9. The number of benzene rings is 2. The number of hydrogen-bond acceptors (Lipinski definition) is 5. The van der Waals surface area contributed by atoms with Crippen LogP contribution in [0.4, 0.5) is 0 Å². The van der Waals surface area contributed by atoms with E-state index < -0.39 is 13.3 Å². The minimum atomic E-state index is -1.98. The molecule has 1 unspecified atom stereocenters. The predicted octanol–water partition coefficient (Wildman–Crippen LogP) is 12.5. The van der Waals surface area contributed by atoms with Crippen molar-refractivity contribution in [3.63, 3.8) is 0 Å². The molecule has 6 nitrogen and oxygen atoms in total. The Bertz CT molecular complexity index is 2420. The fourth-order valence-electron chi connectivity index (χ4n) is 7.72. The first-order chi connectivity index (χ1) is 25.6. The van der Waals surface area contributed by atoms with E-state index >= 15 is 0 Å². The van der Waals surface area contributed by atoms with E-state index in [1.807, 2.05) is 44.3 Å². The number of imidazole rings is 1. The molecule has 0 saturated carbocycles. The molecule has 7 rings (SSSR count). The number of pyridine rings is 3. The molecule has 0 N–H and O–H groups in total. The van der Waals surface area contributed by atoms with Crippen LogP contribution in [0.2, 0.25) is 17.3 Å². The van der Waals surface area contributed by atoms with Gasteiger partial charge in [0.05, 0.1) is 28.1 Å². The van der Waals surface area contributed by atoms with Gasteiger partial charge in [-0.15, -0.1) is 17.7 Å². The van der Waals surface area contributed by atoms with Gasteiger partial charge in [0.25, 0.3) is 0 Å². The molecule has 291 valence electrons. The van der Waals surface area contributed by atoms with Crippen molar-refractivity contribution >= 4 is 50.8 Å². The van der Waals surface area contributed by atoms with Crippen LogP contribution in [0.1, 0.15) is 109 Å². The number of aromatic nitrogens is 5. The molecular formula is C47H57GeIrN5O-2. The number of aryl methyl sites for hydroxylation is 2. The Morgan fingerprint density at radius 3 is 2.24 bits per heavy atom. The maximum absolute atomic E-state index is 6.36. The Labute approximate surface area is 344 Å². The van der Waals surface area contributed by atoms with Gasteiger partial charge in [0, 0.05) is 43.4 Å². The van der Waals surface area contributed by atoms with Crippen LogP contribution in [0.3, 0.4) is 0 Å². The Morgan fingerprint density at radius 2 is 1.62 bits per heavy atom. The van der Waals surface area contributed by atoms with Gasteiger partial charge in [0.2, 0.25) is 5.71 Å². The van der Waals surface area contributed by atoms with Gasteiger partial charge in [-0.1, -0.05) is 30.7 Å². The quantitative estimate of drug-likeness (QED) is 0.106. The second-order valence-corrected chi connectivity index (χ2v) is 27.4. The zero-order valence-corrected chi connectivity index (χ0v) is 39.5. The summed E-state index contributed by atoms with van der Waals surface area (Å²) in [5.74, 6) is 9.14. The molecule has 55 heavy (non-hydrogen) atoms. The largest absolute Gasteiger partial charge is 0.486 e. The van der Waals surface area contributed by atoms with Crippen LogP contribution in [0.25, 0.3) is 55.7 Å². The van der Waals surface area contributed by atoms with Crippen LogP contribution in [0, 0.1) is 31.4 Å². The standard InChI is InChI=1S/C25H25N4O.C22H32GeN.Ir/c1-13(2)17-9-10-19(23-21(17)18-8-7-15(5)27-25(18)30-23)24-28-20-11-12-26-16(6)22(20)29(24)14(3)4;1-8-22(4,9-2)17(3)19-15-21(18-13-11-10-12-14-18)24-16-20(19)23(5,6)7;/h7-9,11-14H,1-6H3;10-13,15-17H,8-9H2,1-7H3;/q2*-1;. The first kappa shape index (κ1) is 42.5. The van der Waals surface area contributed by atoms with Crippen molar-refractivity contribution in [1.82, 2.24) is 24.5 Å². The Hall–Kier alpha value is -3.65. The predicted molar refractivity (Wildman–Crippen MR) is 229 cm³/mol. The molecule has 5 heterocycles. The van der Waals surface area contributed by atoms with E-state index in [0.29, 0.717) is 23.0 Å². The Morgan fingerprint density at radius 1 is 0.891 bits per heavy atom. The second-order valence-electron chi connectivity index (χ2n) is 16.8. The van der Waals surface area contributed by atoms with Crippen molar-refractivity contribution in [2.45, 2.75) is 117 Å². The molecule has 8 heteroatoms. The van der Waals surface area contributed by atoms with Crippen LogP contribution in [0.15, 0.2) is 71.4 Å². The van der Waals surface area contributed by atoms with E-state index in [-0.39, 0.29) is 26.1 Å². The number of furan rings is 1. The summed E-state index contributed by atoms with van der Waals surface area (Å²) in [6.07, 6.45) is 6.40. The van der Waals surface area contributed by atoms with Crippen LogP contribution >= 0.6 is 0 Å². The van der Waals surface area contributed by atoms with Gasteiger partial charge in [-0.2, -0.15) is 0 Å². The van der Waals surface area contributed by atoms with Gasteiger partial charge in [-0.3, -0.25) is 9.97 Å². The van der Waals surface area contributed by atoms with Crippen LogP contribution in [0.5, 0.6) is 0 Å². The normalized spacial score (nSPS) is 12.7. The third-order valence-electron chi connectivity index (χ3n) is 11.6. The maximum Gasteiger partial charge on any atom is 0.216 e. The first-order valence-corrected chi connectivity index (χ1v) is 27.0. The fourth-order valence-corrected chi connectivity index (χ4v) is 11.1. The van der Waals surface area contributed by atoms with E-state index in [1.165, 1.54) is 24.0 Å². The maximum atomic E-state index is 6.36. The fraction of sp³-hybridized carbons (Fsp3) is 0.404. The molecule has 0 saturated heterocycles. The molecule has 0 aliphatic heterocycles. The van der Waals surface area contributed by atoms with Crippen LogP contribution in [-0.2, 0) is 20.1 Å². The van der Waals surface area contributed by atoms with Gasteiger partial charge >= 0.3 is 151 Å². The molecule has 0 spiro atoms. The zero-order valence-electron chi connectivity index (χ0n) is 35.0. The monoisotopic (exact) mass is 974 g/mol. The average Bonchev–Trinajstić information content (AvgIpc) is 3.73. The molecule has 5 aromatic heterocycles. The molecule has 2 aromatic carbocycles. The first-order valence-electron chi connectivity index (χ1n) is 19.6. The number of nitrogens with zero attached hydrogens (tertiary/aromatic N) is 5. The number of hydrogen-bond donors (Lipinski definition) is 0. The zero-order chi connectivity index (χ0) is 39.1. The van der Waals surface area contributed by atoms with Crippen molar-refractivity contribution in [2.24, 2.45) is 5.41 Å². The summed E-state index contributed by atoms with van der Waals surface area (Å²) in [6.45, 7) is 22.2. The average molecular weight is 973 g/mol. The van der Waals surface area contributed by atoms with Gasteiger partial charge < -0.3 is 8.98 Å². The van der Waals surface area contributed by atoms with E-state index in [1.54, 1.807) is 4.40 Å². The third-order valence-corrected chi connectivity index (χ3v) is 15.8. The van der Waals surface area contributed by atoms with Crippen LogP contribution < -0.4 is 4.40 Å². The Balaban J connectivity index is 0.000000213. The number of fused-ring (bicyclic) bond motifs is 4.